The topological polar surface area (TPSA) is 46.6 Å². The molecule has 0 unspecified atom stereocenters. The van der Waals surface area contributed by atoms with Crippen LogP contribution in [0.25, 0.3) is 0 Å². The van der Waals surface area contributed by atoms with Gasteiger partial charge in [-0.25, -0.2) is 4.79 Å². The van der Waals surface area contributed by atoms with Gasteiger partial charge in [-0.15, -0.1) is 5.06 Å². The predicted octanol–water partition coefficient (Wildman–Crippen LogP) is 0.572. The lowest BCUT2D eigenvalue weighted by molar-refractivity contribution is -0.204. The van der Waals surface area contributed by atoms with Crippen molar-refractivity contribution in [2.45, 2.75) is 6.42 Å². The Morgan fingerprint density at radius 1 is 1.27 bits per heavy atom. The van der Waals surface area contributed by atoms with E-state index in [2.05, 4.69) is 0 Å². The standard InChI is InChI=1S/C11H11NO3/c13-10-7-12(8-10)15-11(14)6-9-4-2-1-3-5-9/h1-5H,6-8H2. The van der Waals surface area contributed by atoms with Crippen LogP contribution in [0.4, 0.5) is 0 Å². The summed E-state index contributed by atoms with van der Waals surface area (Å²) in [6.45, 7) is 0.445. The Kier molecular flexibility index (Phi) is 2.78. The van der Waals surface area contributed by atoms with Crippen LogP contribution in [0.15, 0.2) is 30.3 Å². The molecule has 1 aliphatic heterocycles. The number of rotatable bonds is 3. The molecule has 1 saturated heterocycles. The summed E-state index contributed by atoms with van der Waals surface area (Å²) >= 11 is 0. The summed E-state index contributed by atoms with van der Waals surface area (Å²) in [4.78, 5) is 26.9. The summed E-state index contributed by atoms with van der Waals surface area (Å²) in [7, 11) is 0. The Morgan fingerprint density at radius 2 is 1.93 bits per heavy atom. The van der Waals surface area contributed by atoms with Crippen molar-refractivity contribution >= 4 is 11.8 Å². The fourth-order valence-electron chi connectivity index (χ4n) is 1.35. The first-order chi connectivity index (χ1) is 7.24. The van der Waals surface area contributed by atoms with Gasteiger partial charge in [0.2, 0.25) is 0 Å². The maximum absolute atomic E-state index is 11.3. The molecule has 1 fully saturated rings. The largest absolute Gasteiger partial charge is 0.367 e. The van der Waals surface area contributed by atoms with Gasteiger partial charge in [-0.05, 0) is 5.56 Å². The maximum atomic E-state index is 11.3. The van der Waals surface area contributed by atoms with Crippen LogP contribution < -0.4 is 0 Å². The molecule has 1 aromatic carbocycles. The minimum atomic E-state index is -0.325. The number of benzene rings is 1. The van der Waals surface area contributed by atoms with Gasteiger partial charge in [0.15, 0.2) is 5.78 Å². The Morgan fingerprint density at radius 3 is 2.53 bits per heavy atom. The lowest BCUT2D eigenvalue weighted by Crippen LogP contribution is -2.48. The Hall–Kier alpha value is -1.68. The average Bonchev–Trinajstić information content (AvgIpc) is 2.17. The van der Waals surface area contributed by atoms with Crippen molar-refractivity contribution in [3.05, 3.63) is 35.9 Å². The quantitative estimate of drug-likeness (QED) is 0.723. The fraction of sp³-hybridized carbons (Fsp3) is 0.273. The Bertz CT molecular complexity index is 367. The zero-order chi connectivity index (χ0) is 10.7. The van der Waals surface area contributed by atoms with E-state index in [0.717, 1.165) is 5.56 Å². The molecular formula is C11H11NO3. The third-order valence-corrected chi connectivity index (χ3v) is 2.13. The second-order valence-electron chi connectivity index (χ2n) is 3.46. The highest BCUT2D eigenvalue weighted by atomic mass is 16.7. The lowest BCUT2D eigenvalue weighted by atomic mass is 10.2. The number of carbonyl (C=O) groups is 2. The highest BCUT2D eigenvalue weighted by Crippen LogP contribution is 2.06. The second-order valence-corrected chi connectivity index (χ2v) is 3.46. The van der Waals surface area contributed by atoms with Crippen LogP contribution in [-0.2, 0) is 20.8 Å². The van der Waals surface area contributed by atoms with E-state index in [9.17, 15) is 9.59 Å². The molecule has 1 aliphatic rings. The predicted molar refractivity (Wildman–Crippen MR) is 52.8 cm³/mol. The first-order valence-electron chi connectivity index (χ1n) is 4.75. The van der Waals surface area contributed by atoms with Crippen molar-refractivity contribution in [3.8, 4) is 0 Å². The number of Topliss-reactive ketones (excluding diaryl/α,β-unsaturated/α-hetero) is 1. The molecule has 0 amide bonds. The van der Waals surface area contributed by atoms with Gasteiger partial charge >= 0.3 is 5.97 Å². The number of carbonyl (C=O) groups excluding carboxylic acids is 2. The van der Waals surface area contributed by atoms with Gasteiger partial charge in [0.1, 0.15) is 0 Å². The van der Waals surface area contributed by atoms with Crippen LogP contribution in [-0.4, -0.2) is 29.9 Å². The van der Waals surface area contributed by atoms with Crippen molar-refractivity contribution in [1.29, 1.82) is 0 Å². The van der Waals surface area contributed by atoms with Crippen LogP contribution in [0, 0.1) is 0 Å². The smallest absolute Gasteiger partial charge is 0.329 e. The zero-order valence-corrected chi connectivity index (χ0v) is 8.18. The van der Waals surface area contributed by atoms with Crippen LogP contribution in [0.5, 0.6) is 0 Å². The van der Waals surface area contributed by atoms with Crippen molar-refractivity contribution in [1.82, 2.24) is 5.06 Å². The molecule has 0 N–H and O–H groups in total. The number of hydroxylamine groups is 2. The molecule has 0 saturated carbocycles. The third-order valence-electron chi connectivity index (χ3n) is 2.13. The molecular weight excluding hydrogens is 194 g/mol. The number of hydrogen-bond acceptors (Lipinski definition) is 4. The molecule has 78 valence electrons. The summed E-state index contributed by atoms with van der Waals surface area (Å²) in [6, 6.07) is 9.36. The van der Waals surface area contributed by atoms with Crippen LogP contribution in [0.2, 0.25) is 0 Å². The first-order valence-corrected chi connectivity index (χ1v) is 4.75. The summed E-state index contributed by atoms with van der Waals surface area (Å²) < 4.78 is 0. The SMILES string of the molecule is O=C1CN(OC(=O)Cc2ccccc2)C1. The molecule has 0 spiro atoms. The summed E-state index contributed by atoms with van der Waals surface area (Å²) in [5.74, 6) is -0.226. The van der Waals surface area contributed by atoms with E-state index in [4.69, 9.17) is 4.84 Å². The van der Waals surface area contributed by atoms with Gasteiger partial charge in [-0.2, -0.15) is 0 Å². The van der Waals surface area contributed by atoms with Gasteiger partial charge < -0.3 is 4.84 Å². The molecule has 15 heavy (non-hydrogen) atoms. The molecule has 1 heterocycles. The maximum Gasteiger partial charge on any atom is 0.329 e. The zero-order valence-electron chi connectivity index (χ0n) is 8.18. The van der Waals surface area contributed by atoms with E-state index in [1.807, 2.05) is 30.3 Å². The van der Waals surface area contributed by atoms with Crippen LogP contribution >= 0.6 is 0 Å². The second kappa shape index (κ2) is 4.23. The van der Waals surface area contributed by atoms with Gasteiger partial charge in [0.05, 0.1) is 19.5 Å². The summed E-state index contributed by atoms with van der Waals surface area (Å²) in [5.41, 5.74) is 0.911. The molecule has 1 aromatic rings. The highest BCUT2D eigenvalue weighted by Gasteiger charge is 2.27. The highest BCUT2D eigenvalue weighted by molar-refractivity contribution is 5.87. The number of ketones is 1. The molecule has 2 rings (SSSR count). The van der Waals surface area contributed by atoms with Crippen LogP contribution in [0.3, 0.4) is 0 Å². The molecule has 4 nitrogen and oxygen atoms in total. The van der Waals surface area contributed by atoms with Crippen molar-refractivity contribution < 1.29 is 14.4 Å². The molecule has 0 bridgehead atoms. The summed E-state index contributed by atoms with van der Waals surface area (Å²) in [5, 5.41) is 1.37. The fourth-order valence-corrected chi connectivity index (χ4v) is 1.35. The van der Waals surface area contributed by atoms with Gasteiger partial charge in [-0.3, -0.25) is 4.79 Å². The minimum absolute atomic E-state index is 0.0995. The first kappa shape index (κ1) is 9.86. The van der Waals surface area contributed by atoms with Crippen molar-refractivity contribution in [3.63, 3.8) is 0 Å². The van der Waals surface area contributed by atoms with E-state index in [-0.39, 0.29) is 31.3 Å². The van der Waals surface area contributed by atoms with Crippen molar-refractivity contribution in [2.24, 2.45) is 0 Å². The third kappa shape index (κ3) is 2.63. The monoisotopic (exact) mass is 205 g/mol. The van der Waals surface area contributed by atoms with Gasteiger partial charge in [0, 0.05) is 0 Å². The van der Waals surface area contributed by atoms with E-state index < -0.39 is 0 Å². The summed E-state index contributed by atoms with van der Waals surface area (Å²) in [6.07, 6.45) is 0.242. The number of nitrogens with zero attached hydrogens (tertiary/aromatic N) is 1. The normalized spacial score (nSPS) is 15.9. The minimum Gasteiger partial charge on any atom is -0.367 e. The van der Waals surface area contributed by atoms with E-state index >= 15 is 0 Å². The molecule has 0 radical (unpaired) electrons. The molecule has 0 aliphatic carbocycles. The van der Waals surface area contributed by atoms with E-state index in [1.54, 1.807) is 0 Å². The van der Waals surface area contributed by atoms with E-state index in [0.29, 0.717) is 0 Å². The van der Waals surface area contributed by atoms with Gasteiger partial charge in [0.25, 0.3) is 0 Å². The average molecular weight is 205 g/mol. The van der Waals surface area contributed by atoms with Gasteiger partial charge in [-0.1, -0.05) is 30.3 Å². The van der Waals surface area contributed by atoms with E-state index in [1.165, 1.54) is 5.06 Å². The van der Waals surface area contributed by atoms with Crippen LogP contribution in [0.1, 0.15) is 5.56 Å². The molecule has 0 atom stereocenters. The number of hydrogen-bond donors (Lipinski definition) is 0. The molecule has 4 heteroatoms. The Balaban J connectivity index is 1.80. The van der Waals surface area contributed by atoms with Crippen molar-refractivity contribution in [2.75, 3.05) is 13.1 Å². The Labute approximate surface area is 87.4 Å². The lowest BCUT2D eigenvalue weighted by Gasteiger charge is -2.26. The molecule has 0 aromatic heterocycles.